The Balaban J connectivity index is 1.74. The van der Waals surface area contributed by atoms with Gasteiger partial charge in [-0.3, -0.25) is 9.59 Å². The van der Waals surface area contributed by atoms with Crippen LogP contribution >= 0.6 is 0 Å². The van der Waals surface area contributed by atoms with Gasteiger partial charge in [-0.1, -0.05) is 0 Å². The molecule has 2 amide bonds. The van der Waals surface area contributed by atoms with Gasteiger partial charge in [-0.05, 0) is 26.7 Å². The molecule has 8 nitrogen and oxygen atoms in total. The average Bonchev–Trinajstić information content (AvgIpc) is 3.03. The molecule has 0 N–H and O–H groups in total. The van der Waals surface area contributed by atoms with Crippen LogP contribution in [0.25, 0.3) is 0 Å². The summed E-state index contributed by atoms with van der Waals surface area (Å²) in [6.45, 7) is 3.75. The Hall–Kier alpha value is -1.87. The molecule has 0 aliphatic carbocycles. The Bertz CT molecular complexity index is 834. The number of anilines is 1. The maximum absolute atomic E-state index is 12.9. The maximum atomic E-state index is 12.9. The lowest BCUT2D eigenvalue weighted by molar-refractivity contribution is -0.129. The summed E-state index contributed by atoms with van der Waals surface area (Å²) in [6.07, 6.45) is 4.87. The minimum atomic E-state index is -3.54. The van der Waals surface area contributed by atoms with E-state index >= 15 is 0 Å². The summed E-state index contributed by atoms with van der Waals surface area (Å²) in [5.41, 5.74) is -1.07. The molecule has 0 unspecified atom stereocenters. The molecule has 9 heteroatoms. The molecule has 0 saturated carbocycles. The molecule has 0 radical (unpaired) electrons. The highest BCUT2D eigenvalue weighted by atomic mass is 32.2. The van der Waals surface area contributed by atoms with Crippen LogP contribution in [0.2, 0.25) is 0 Å². The SMILES string of the molecule is C[C@]12CC[C@](C)(O1)[C@@H]1C(=O)N(c3cnc(S(C)(=O)=O)nc3)C(=O)[C@@H]12. The number of rotatable bonds is 2. The van der Waals surface area contributed by atoms with Gasteiger partial charge in [0.05, 0.1) is 41.1 Å². The Morgan fingerprint density at radius 3 is 1.96 bits per heavy atom. The van der Waals surface area contributed by atoms with Crippen molar-refractivity contribution in [1.82, 2.24) is 9.97 Å². The number of hydrogen-bond acceptors (Lipinski definition) is 7. The number of imide groups is 1. The largest absolute Gasteiger partial charge is 0.367 e. The molecule has 1 aromatic rings. The molecule has 4 heterocycles. The number of carbonyl (C=O) groups excluding carboxylic acids is 2. The van der Waals surface area contributed by atoms with Crippen LogP contribution in [0.4, 0.5) is 5.69 Å². The third-order valence-electron chi connectivity index (χ3n) is 5.41. The molecule has 3 fully saturated rings. The second-order valence-corrected chi connectivity index (χ2v) is 9.10. The van der Waals surface area contributed by atoms with Gasteiger partial charge in [-0.25, -0.2) is 23.3 Å². The number of fused-ring (bicyclic) bond motifs is 5. The standard InChI is InChI=1S/C15H17N3O5S/c1-14-4-5-15(2,23-14)10-9(14)11(19)18(12(10)20)8-6-16-13(17-7-8)24(3,21)22/h6-7,9-10H,4-5H2,1-3H3/t9-,10+,14-,15+. The van der Waals surface area contributed by atoms with Crippen molar-refractivity contribution in [2.75, 3.05) is 11.2 Å². The number of ether oxygens (including phenoxy) is 1. The van der Waals surface area contributed by atoms with Gasteiger partial charge < -0.3 is 4.74 Å². The number of aromatic nitrogens is 2. The van der Waals surface area contributed by atoms with Crippen LogP contribution < -0.4 is 4.90 Å². The van der Waals surface area contributed by atoms with Crippen LogP contribution in [0.1, 0.15) is 26.7 Å². The van der Waals surface area contributed by atoms with Crippen LogP contribution in [-0.4, -0.2) is 47.7 Å². The van der Waals surface area contributed by atoms with Gasteiger partial charge in [0.25, 0.3) is 0 Å². The average molecular weight is 351 g/mol. The van der Waals surface area contributed by atoms with Crippen molar-refractivity contribution in [2.45, 2.75) is 43.0 Å². The van der Waals surface area contributed by atoms with Gasteiger partial charge in [0.15, 0.2) is 0 Å². The van der Waals surface area contributed by atoms with E-state index in [4.69, 9.17) is 4.74 Å². The fourth-order valence-corrected chi connectivity index (χ4v) is 4.83. The molecule has 3 saturated heterocycles. The Morgan fingerprint density at radius 1 is 1.08 bits per heavy atom. The molecular weight excluding hydrogens is 334 g/mol. The van der Waals surface area contributed by atoms with Crippen molar-refractivity contribution < 1.29 is 22.7 Å². The third-order valence-corrected chi connectivity index (χ3v) is 6.28. The smallest absolute Gasteiger partial charge is 0.246 e. The van der Waals surface area contributed by atoms with Gasteiger partial charge in [0.1, 0.15) is 0 Å². The second kappa shape index (κ2) is 4.40. The molecule has 128 valence electrons. The second-order valence-electron chi connectivity index (χ2n) is 7.19. The van der Waals surface area contributed by atoms with Gasteiger partial charge in [-0.15, -0.1) is 0 Å². The van der Waals surface area contributed by atoms with Crippen LogP contribution in [0.5, 0.6) is 0 Å². The van der Waals surface area contributed by atoms with Gasteiger partial charge >= 0.3 is 0 Å². The van der Waals surface area contributed by atoms with E-state index in [1.165, 1.54) is 12.4 Å². The van der Waals surface area contributed by atoms with Crippen LogP contribution in [0.15, 0.2) is 17.6 Å². The summed E-state index contributed by atoms with van der Waals surface area (Å²) < 4.78 is 28.9. The Morgan fingerprint density at radius 2 is 1.54 bits per heavy atom. The monoisotopic (exact) mass is 351 g/mol. The number of carbonyl (C=O) groups is 2. The summed E-state index contributed by atoms with van der Waals surface area (Å²) in [4.78, 5) is 34.4. The summed E-state index contributed by atoms with van der Waals surface area (Å²) in [6, 6.07) is 0. The zero-order valence-electron chi connectivity index (χ0n) is 13.5. The lowest BCUT2D eigenvalue weighted by atomic mass is 9.69. The first-order valence-corrected chi connectivity index (χ1v) is 9.56. The van der Waals surface area contributed by atoms with Crippen LogP contribution in [0, 0.1) is 11.8 Å². The lowest BCUT2D eigenvalue weighted by Gasteiger charge is -2.27. The van der Waals surface area contributed by atoms with Crippen molar-refractivity contribution in [3.8, 4) is 0 Å². The van der Waals surface area contributed by atoms with E-state index in [0.717, 1.165) is 24.0 Å². The van der Waals surface area contributed by atoms with Crippen molar-refractivity contribution in [2.24, 2.45) is 11.8 Å². The molecule has 24 heavy (non-hydrogen) atoms. The first-order valence-electron chi connectivity index (χ1n) is 7.67. The number of amides is 2. The zero-order valence-corrected chi connectivity index (χ0v) is 14.3. The van der Waals surface area contributed by atoms with Crippen molar-refractivity contribution in [1.29, 1.82) is 0 Å². The van der Waals surface area contributed by atoms with Crippen molar-refractivity contribution >= 4 is 27.3 Å². The first-order chi connectivity index (χ1) is 11.1. The van der Waals surface area contributed by atoms with Crippen molar-refractivity contribution in [3.05, 3.63) is 12.4 Å². The minimum absolute atomic E-state index is 0.193. The normalized spacial score (nSPS) is 38.0. The van der Waals surface area contributed by atoms with Crippen LogP contribution in [-0.2, 0) is 24.2 Å². The summed E-state index contributed by atoms with van der Waals surface area (Å²) in [5.74, 6) is -1.69. The highest BCUT2D eigenvalue weighted by molar-refractivity contribution is 7.90. The number of hydrogen-bond donors (Lipinski definition) is 0. The summed E-state index contributed by atoms with van der Waals surface area (Å²) in [7, 11) is -3.54. The van der Waals surface area contributed by atoms with E-state index in [9.17, 15) is 18.0 Å². The van der Waals surface area contributed by atoms with E-state index in [2.05, 4.69) is 9.97 Å². The topological polar surface area (TPSA) is 107 Å². The van der Waals surface area contributed by atoms with Gasteiger partial charge in [0, 0.05) is 6.26 Å². The molecule has 4 rings (SSSR count). The third kappa shape index (κ3) is 1.85. The molecule has 1 aromatic heterocycles. The Kier molecular flexibility index (Phi) is 2.87. The fraction of sp³-hybridized carbons (Fsp3) is 0.600. The van der Waals surface area contributed by atoms with E-state index in [-0.39, 0.29) is 22.7 Å². The summed E-state index contributed by atoms with van der Waals surface area (Å²) in [5, 5.41) is -0.340. The molecule has 0 aromatic carbocycles. The van der Waals surface area contributed by atoms with Gasteiger partial charge in [0.2, 0.25) is 26.8 Å². The number of nitrogens with zero attached hydrogens (tertiary/aromatic N) is 3. The van der Waals surface area contributed by atoms with E-state index in [1.807, 2.05) is 13.8 Å². The Labute approximate surface area is 139 Å². The molecule has 4 atom stereocenters. The van der Waals surface area contributed by atoms with Crippen LogP contribution in [0.3, 0.4) is 0 Å². The first kappa shape index (κ1) is 15.6. The van der Waals surface area contributed by atoms with Crippen molar-refractivity contribution in [3.63, 3.8) is 0 Å². The molecular formula is C15H17N3O5S. The highest BCUT2D eigenvalue weighted by Crippen LogP contribution is 2.60. The molecule has 2 bridgehead atoms. The molecule has 3 aliphatic rings. The van der Waals surface area contributed by atoms with E-state index < -0.39 is 32.9 Å². The van der Waals surface area contributed by atoms with E-state index in [1.54, 1.807) is 0 Å². The predicted molar refractivity (Wildman–Crippen MR) is 81.7 cm³/mol. The minimum Gasteiger partial charge on any atom is -0.367 e. The molecule has 0 spiro atoms. The quantitative estimate of drug-likeness (QED) is 0.558. The lowest BCUT2D eigenvalue weighted by Crippen LogP contribution is -2.40. The van der Waals surface area contributed by atoms with Gasteiger partial charge in [-0.2, -0.15) is 0 Å². The molecule has 3 aliphatic heterocycles. The van der Waals surface area contributed by atoms with E-state index in [0.29, 0.717) is 0 Å². The zero-order chi connectivity index (χ0) is 17.5. The highest BCUT2D eigenvalue weighted by Gasteiger charge is 2.72. The fourth-order valence-electron chi connectivity index (χ4n) is 4.34. The summed E-state index contributed by atoms with van der Waals surface area (Å²) >= 11 is 0. The maximum Gasteiger partial charge on any atom is 0.246 e. The predicted octanol–water partition coefficient (Wildman–Crippen LogP) is 0.327. The number of sulfone groups is 1.